The molecule has 0 bridgehead atoms. The van der Waals surface area contributed by atoms with Crippen LogP contribution in [-0.4, -0.2) is 31.1 Å². The van der Waals surface area contributed by atoms with Crippen LogP contribution in [0.2, 0.25) is 0 Å². The smallest absolute Gasteiger partial charge is 0.239 e. The predicted octanol–water partition coefficient (Wildman–Crippen LogP) is 3.95. The van der Waals surface area contributed by atoms with Crippen molar-refractivity contribution < 1.29 is 9.32 Å². The molecule has 3 aromatic rings. The number of hydrogen-bond donors (Lipinski definition) is 1. The Morgan fingerprint density at radius 1 is 1.37 bits per heavy atom. The second-order valence-electron chi connectivity index (χ2n) is 6.60. The van der Waals surface area contributed by atoms with Gasteiger partial charge in [-0.25, -0.2) is 9.67 Å². The maximum atomic E-state index is 12.6. The lowest BCUT2D eigenvalue weighted by atomic mass is 10.3. The molecule has 0 saturated heterocycles. The highest BCUT2D eigenvalue weighted by Gasteiger charge is 2.31. The number of amides is 1. The molecule has 27 heavy (non-hydrogen) atoms. The first-order chi connectivity index (χ1) is 13.1. The molecule has 2 aromatic heterocycles. The number of rotatable bonds is 7. The molecule has 0 aliphatic heterocycles. The van der Waals surface area contributed by atoms with E-state index < -0.39 is 0 Å². The third-order valence-electron chi connectivity index (χ3n) is 4.35. The minimum Gasteiger partial charge on any atom is -0.360 e. The van der Waals surface area contributed by atoms with Crippen LogP contribution in [0.5, 0.6) is 0 Å². The molecule has 2 heterocycles. The van der Waals surface area contributed by atoms with Gasteiger partial charge in [-0.3, -0.25) is 4.79 Å². The number of anilines is 1. The summed E-state index contributed by atoms with van der Waals surface area (Å²) in [7, 11) is 0. The number of carbonyl (C=O) groups is 1. The molecule has 1 fully saturated rings. The van der Waals surface area contributed by atoms with Crippen molar-refractivity contribution in [3.8, 4) is 5.69 Å². The van der Waals surface area contributed by atoms with E-state index in [4.69, 9.17) is 9.51 Å². The van der Waals surface area contributed by atoms with E-state index >= 15 is 0 Å². The van der Waals surface area contributed by atoms with Gasteiger partial charge in [0.25, 0.3) is 0 Å². The van der Waals surface area contributed by atoms with Gasteiger partial charge < -0.3 is 9.84 Å². The van der Waals surface area contributed by atoms with Gasteiger partial charge in [0.05, 0.1) is 10.9 Å². The molecule has 8 heteroatoms. The number of carbonyl (C=O) groups excluding carboxylic acids is 1. The van der Waals surface area contributed by atoms with Gasteiger partial charge in [-0.1, -0.05) is 42.0 Å². The first-order valence-corrected chi connectivity index (χ1v) is 9.95. The lowest BCUT2D eigenvalue weighted by Gasteiger charge is -2.10. The van der Waals surface area contributed by atoms with Gasteiger partial charge in [0.1, 0.15) is 11.6 Å². The Bertz CT molecular complexity index is 933. The summed E-state index contributed by atoms with van der Waals surface area (Å²) >= 11 is 1.38. The van der Waals surface area contributed by atoms with Crippen molar-refractivity contribution in [3.63, 3.8) is 0 Å². The highest BCUT2D eigenvalue weighted by atomic mass is 32.2. The Balaban J connectivity index is 1.53. The minimum absolute atomic E-state index is 0.125. The number of nitrogens with one attached hydrogen (secondary N) is 1. The van der Waals surface area contributed by atoms with Gasteiger partial charge in [-0.05, 0) is 38.3 Å². The monoisotopic (exact) mass is 383 g/mol. The van der Waals surface area contributed by atoms with Crippen LogP contribution >= 0.6 is 11.8 Å². The van der Waals surface area contributed by atoms with E-state index in [0.29, 0.717) is 29.1 Å². The molecule has 140 valence electrons. The van der Waals surface area contributed by atoms with Crippen molar-refractivity contribution in [2.24, 2.45) is 0 Å². The van der Waals surface area contributed by atoms with Crippen molar-refractivity contribution in [1.29, 1.82) is 0 Å². The van der Waals surface area contributed by atoms with Gasteiger partial charge in [0.2, 0.25) is 11.1 Å². The zero-order chi connectivity index (χ0) is 18.8. The summed E-state index contributed by atoms with van der Waals surface area (Å²) < 4.78 is 6.91. The Hall–Kier alpha value is -2.61. The van der Waals surface area contributed by atoms with Crippen LogP contribution in [0.15, 0.2) is 46.1 Å². The molecule has 1 atom stereocenters. The number of hydrogen-bond acceptors (Lipinski definition) is 6. The average molecular weight is 383 g/mol. The van der Waals surface area contributed by atoms with Crippen LogP contribution in [-0.2, 0) is 4.79 Å². The second-order valence-corrected chi connectivity index (χ2v) is 7.77. The zero-order valence-electron chi connectivity index (χ0n) is 15.3. The minimum atomic E-state index is -0.305. The highest BCUT2D eigenvalue weighted by Crippen LogP contribution is 2.40. The second kappa shape index (κ2) is 7.56. The summed E-state index contributed by atoms with van der Waals surface area (Å²) in [6, 6.07) is 11.7. The molecule has 1 amide bonds. The third kappa shape index (κ3) is 4.05. The number of thioether (sulfide) groups is 1. The largest absolute Gasteiger partial charge is 0.360 e. The Kier molecular flexibility index (Phi) is 4.98. The number of benzene rings is 1. The number of para-hydroxylation sites is 1. The van der Waals surface area contributed by atoms with Crippen molar-refractivity contribution in [1.82, 2.24) is 19.9 Å². The molecule has 1 aromatic carbocycles. The maximum absolute atomic E-state index is 12.6. The third-order valence-corrected chi connectivity index (χ3v) is 5.56. The van der Waals surface area contributed by atoms with E-state index in [2.05, 4.69) is 15.6 Å². The van der Waals surface area contributed by atoms with Gasteiger partial charge in [-0.2, -0.15) is 0 Å². The fraction of sp³-hybridized carbons (Fsp3) is 0.368. The summed E-state index contributed by atoms with van der Waals surface area (Å²) in [6.45, 7) is 3.76. The summed E-state index contributed by atoms with van der Waals surface area (Å²) in [6.07, 6.45) is 2.93. The summed E-state index contributed by atoms with van der Waals surface area (Å²) in [5.74, 6) is 2.39. The van der Waals surface area contributed by atoms with E-state index in [1.165, 1.54) is 11.8 Å². The van der Waals surface area contributed by atoms with Crippen molar-refractivity contribution in [3.05, 3.63) is 48.0 Å². The fourth-order valence-corrected chi connectivity index (χ4v) is 3.66. The standard InChI is InChI=1S/C19H21N5O2S/c1-3-15(18(25)20-16-11-12(2)26-23-16)27-19-21-17(13-9-10-13)24(22-19)14-7-5-4-6-8-14/h4-8,11,13,15H,3,9-10H2,1-2H3,(H,20,23,25). The van der Waals surface area contributed by atoms with Gasteiger partial charge in [-0.15, -0.1) is 5.10 Å². The normalized spacial score (nSPS) is 14.9. The van der Waals surface area contributed by atoms with Gasteiger partial charge in [0, 0.05) is 12.0 Å². The topological polar surface area (TPSA) is 85.8 Å². The van der Waals surface area contributed by atoms with E-state index in [0.717, 1.165) is 24.4 Å². The lowest BCUT2D eigenvalue weighted by molar-refractivity contribution is -0.115. The fourth-order valence-electron chi connectivity index (χ4n) is 2.80. The molecule has 0 radical (unpaired) electrons. The lowest BCUT2D eigenvalue weighted by Crippen LogP contribution is -2.24. The molecule has 1 unspecified atom stereocenters. The van der Waals surface area contributed by atoms with Crippen molar-refractivity contribution in [2.45, 2.75) is 49.4 Å². The molecule has 1 N–H and O–H groups in total. The molecule has 7 nitrogen and oxygen atoms in total. The first-order valence-electron chi connectivity index (χ1n) is 9.07. The Morgan fingerprint density at radius 2 is 2.15 bits per heavy atom. The van der Waals surface area contributed by atoms with Crippen LogP contribution in [0.4, 0.5) is 5.82 Å². The molecule has 1 saturated carbocycles. The first kappa shape index (κ1) is 17.8. The number of nitrogens with zero attached hydrogens (tertiary/aromatic N) is 4. The maximum Gasteiger partial charge on any atom is 0.239 e. The van der Waals surface area contributed by atoms with E-state index in [1.807, 2.05) is 41.9 Å². The SMILES string of the molecule is CCC(Sc1nc(C2CC2)n(-c2ccccc2)n1)C(=O)Nc1cc(C)on1. The van der Waals surface area contributed by atoms with Crippen LogP contribution in [0, 0.1) is 6.92 Å². The van der Waals surface area contributed by atoms with Crippen LogP contribution < -0.4 is 5.32 Å². The van der Waals surface area contributed by atoms with Crippen molar-refractivity contribution >= 4 is 23.5 Å². The highest BCUT2D eigenvalue weighted by molar-refractivity contribution is 8.00. The molecule has 1 aliphatic carbocycles. The van der Waals surface area contributed by atoms with Crippen LogP contribution in [0.3, 0.4) is 0 Å². The summed E-state index contributed by atoms with van der Waals surface area (Å²) in [4.78, 5) is 17.3. The molecular formula is C19H21N5O2S. The van der Waals surface area contributed by atoms with E-state index in [-0.39, 0.29) is 11.2 Å². The summed E-state index contributed by atoms with van der Waals surface area (Å²) in [5, 5.41) is 11.6. The number of aromatic nitrogens is 4. The Morgan fingerprint density at radius 3 is 2.78 bits per heavy atom. The van der Waals surface area contributed by atoms with Crippen LogP contribution in [0.25, 0.3) is 5.69 Å². The summed E-state index contributed by atoms with van der Waals surface area (Å²) in [5.41, 5.74) is 0.995. The van der Waals surface area contributed by atoms with E-state index in [9.17, 15) is 4.79 Å². The quantitative estimate of drug-likeness (QED) is 0.622. The zero-order valence-corrected chi connectivity index (χ0v) is 16.1. The predicted molar refractivity (Wildman–Crippen MR) is 103 cm³/mol. The number of aryl methyl sites for hydroxylation is 1. The molecule has 0 spiro atoms. The molecule has 4 rings (SSSR count). The van der Waals surface area contributed by atoms with Gasteiger partial charge in [0.15, 0.2) is 5.82 Å². The average Bonchev–Trinajstić information content (AvgIpc) is 3.32. The molecule has 1 aliphatic rings. The van der Waals surface area contributed by atoms with Gasteiger partial charge >= 0.3 is 0 Å². The Labute approximate surface area is 161 Å². The molecular weight excluding hydrogens is 362 g/mol. The van der Waals surface area contributed by atoms with Crippen LogP contribution in [0.1, 0.15) is 43.7 Å². The van der Waals surface area contributed by atoms with E-state index in [1.54, 1.807) is 13.0 Å². The van der Waals surface area contributed by atoms with Crippen molar-refractivity contribution in [2.75, 3.05) is 5.32 Å².